The molecule has 0 radical (unpaired) electrons. The molecule has 0 fully saturated rings. The smallest absolute Gasteiger partial charge is 0.319 e. The molecule has 6 heteroatoms. The standard InChI is InChI=1S/C15H21BrN2O3/c1-2-11(7-8-14(19)20)9-10-17-15(21)18-13-6-4-3-5-12(13)16/h3-6,11H,2,7-10H2,1H3,(H,19,20)(H2,17,18,21). The zero-order valence-corrected chi connectivity index (χ0v) is 13.6. The number of rotatable bonds is 8. The van der Waals surface area contributed by atoms with Gasteiger partial charge >= 0.3 is 12.0 Å². The van der Waals surface area contributed by atoms with E-state index in [4.69, 9.17) is 5.11 Å². The third kappa shape index (κ3) is 7.13. The molecule has 1 rings (SSSR count). The molecule has 21 heavy (non-hydrogen) atoms. The number of carboxylic acids is 1. The monoisotopic (exact) mass is 356 g/mol. The molecule has 0 saturated carbocycles. The molecule has 2 amide bonds. The maximum Gasteiger partial charge on any atom is 0.319 e. The summed E-state index contributed by atoms with van der Waals surface area (Å²) in [6.07, 6.45) is 2.54. The summed E-state index contributed by atoms with van der Waals surface area (Å²) in [7, 11) is 0. The summed E-state index contributed by atoms with van der Waals surface area (Å²) in [4.78, 5) is 22.3. The van der Waals surface area contributed by atoms with Crippen molar-refractivity contribution >= 4 is 33.6 Å². The Balaban J connectivity index is 2.29. The van der Waals surface area contributed by atoms with Crippen LogP contribution < -0.4 is 10.6 Å². The molecule has 1 aromatic carbocycles. The Morgan fingerprint density at radius 1 is 1.29 bits per heavy atom. The van der Waals surface area contributed by atoms with Crippen LogP contribution in [0.15, 0.2) is 28.7 Å². The Labute approximate surface area is 133 Å². The third-order valence-corrected chi connectivity index (χ3v) is 4.00. The van der Waals surface area contributed by atoms with Gasteiger partial charge in [-0.05, 0) is 46.8 Å². The number of aliphatic carboxylic acids is 1. The predicted molar refractivity (Wildman–Crippen MR) is 86.4 cm³/mol. The number of carboxylic acid groups (broad SMARTS) is 1. The number of anilines is 1. The Morgan fingerprint density at radius 2 is 2.00 bits per heavy atom. The third-order valence-electron chi connectivity index (χ3n) is 3.30. The summed E-state index contributed by atoms with van der Waals surface area (Å²) in [5, 5.41) is 14.2. The van der Waals surface area contributed by atoms with Gasteiger partial charge in [-0.2, -0.15) is 0 Å². The van der Waals surface area contributed by atoms with Crippen LogP contribution in [-0.2, 0) is 4.79 Å². The second kappa shape index (κ2) is 9.39. The molecule has 1 atom stereocenters. The van der Waals surface area contributed by atoms with Crippen LogP contribution >= 0.6 is 15.9 Å². The van der Waals surface area contributed by atoms with Crippen molar-refractivity contribution in [2.75, 3.05) is 11.9 Å². The number of para-hydroxylation sites is 1. The van der Waals surface area contributed by atoms with E-state index >= 15 is 0 Å². The van der Waals surface area contributed by atoms with Gasteiger partial charge in [0.25, 0.3) is 0 Å². The number of urea groups is 1. The number of hydrogen-bond donors (Lipinski definition) is 3. The average Bonchev–Trinajstić information content (AvgIpc) is 2.45. The van der Waals surface area contributed by atoms with Gasteiger partial charge in [0.1, 0.15) is 0 Å². The predicted octanol–water partition coefficient (Wildman–Crippen LogP) is 3.85. The molecule has 0 aliphatic carbocycles. The zero-order chi connectivity index (χ0) is 15.7. The van der Waals surface area contributed by atoms with E-state index in [1.807, 2.05) is 31.2 Å². The number of carbonyl (C=O) groups is 2. The summed E-state index contributed by atoms with van der Waals surface area (Å²) >= 11 is 3.36. The minimum Gasteiger partial charge on any atom is -0.481 e. The van der Waals surface area contributed by atoms with Crippen molar-refractivity contribution in [3.8, 4) is 0 Å². The lowest BCUT2D eigenvalue weighted by Crippen LogP contribution is -2.30. The van der Waals surface area contributed by atoms with Gasteiger partial charge in [0.05, 0.1) is 5.69 Å². The first-order valence-corrected chi connectivity index (χ1v) is 7.83. The van der Waals surface area contributed by atoms with Crippen molar-refractivity contribution in [1.29, 1.82) is 0 Å². The summed E-state index contributed by atoms with van der Waals surface area (Å²) in [6, 6.07) is 7.14. The Kier molecular flexibility index (Phi) is 7.82. The van der Waals surface area contributed by atoms with E-state index in [1.165, 1.54) is 0 Å². The van der Waals surface area contributed by atoms with Crippen LogP contribution in [0.5, 0.6) is 0 Å². The summed E-state index contributed by atoms with van der Waals surface area (Å²) in [5.74, 6) is -0.446. The van der Waals surface area contributed by atoms with E-state index in [9.17, 15) is 9.59 Å². The van der Waals surface area contributed by atoms with Gasteiger partial charge in [-0.3, -0.25) is 4.79 Å². The molecule has 0 aliphatic rings. The highest BCUT2D eigenvalue weighted by molar-refractivity contribution is 9.10. The fraction of sp³-hybridized carbons (Fsp3) is 0.467. The molecule has 0 spiro atoms. The first-order valence-electron chi connectivity index (χ1n) is 7.04. The van der Waals surface area contributed by atoms with E-state index in [2.05, 4.69) is 26.6 Å². The molecule has 1 aromatic rings. The van der Waals surface area contributed by atoms with Gasteiger partial charge in [-0.25, -0.2) is 4.79 Å². The molecule has 0 bridgehead atoms. The largest absolute Gasteiger partial charge is 0.481 e. The molecule has 5 nitrogen and oxygen atoms in total. The van der Waals surface area contributed by atoms with Crippen LogP contribution in [0, 0.1) is 5.92 Å². The molecule has 0 aromatic heterocycles. The molecular formula is C15H21BrN2O3. The lowest BCUT2D eigenvalue weighted by atomic mass is 9.97. The van der Waals surface area contributed by atoms with Crippen LogP contribution in [0.1, 0.15) is 32.6 Å². The van der Waals surface area contributed by atoms with E-state index in [-0.39, 0.29) is 12.5 Å². The van der Waals surface area contributed by atoms with Crippen molar-refractivity contribution in [3.63, 3.8) is 0 Å². The van der Waals surface area contributed by atoms with Crippen molar-refractivity contribution in [3.05, 3.63) is 28.7 Å². The number of benzene rings is 1. The minimum absolute atomic E-state index is 0.182. The molecule has 0 aliphatic heterocycles. The Morgan fingerprint density at radius 3 is 2.62 bits per heavy atom. The zero-order valence-electron chi connectivity index (χ0n) is 12.1. The molecule has 0 saturated heterocycles. The fourth-order valence-corrected chi connectivity index (χ4v) is 2.38. The van der Waals surface area contributed by atoms with E-state index in [0.29, 0.717) is 24.6 Å². The van der Waals surface area contributed by atoms with Gasteiger partial charge in [-0.15, -0.1) is 0 Å². The number of halogens is 1. The number of hydrogen-bond acceptors (Lipinski definition) is 2. The van der Waals surface area contributed by atoms with Crippen molar-refractivity contribution < 1.29 is 14.7 Å². The highest BCUT2D eigenvalue weighted by Gasteiger charge is 2.10. The quantitative estimate of drug-likeness (QED) is 0.661. The van der Waals surface area contributed by atoms with Gasteiger partial charge < -0.3 is 15.7 Å². The van der Waals surface area contributed by atoms with Crippen LogP contribution in [0.4, 0.5) is 10.5 Å². The highest BCUT2D eigenvalue weighted by atomic mass is 79.9. The lowest BCUT2D eigenvalue weighted by molar-refractivity contribution is -0.137. The summed E-state index contributed by atoms with van der Waals surface area (Å²) < 4.78 is 0.827. The van der Waals surface area contributed by atoms with Crippen molar-refractivity contribution in [2.24, 2.45) is 5.92 Å². The SMILES string of the molecule is CCC(CCNC(=O)Nc1ccccc1Br)CCC(=O)O. The van der Waals surface area contributed by atoms with Gasteiger partial charge in [-0.1, -0.05) is 25.5 Å². The second-order valence-electron chi connectivity index (χ2n) is 4.86. The van der Waals surface area contributed by atoms with Crippen molar-refractivity contribution in [1.82, 2.24) is 5.32 Å². The number of carbonyl (C=O) groups excluding carboxylic acids is 1. The normalized spacial score (nSPS) is 11.7. The van der Waals surface area contributed by atoms with E-state index < -0.39 is 5.97 Å². The van der Waals surface area contributed by atoms with Crippen LogP contribution in [-0.4, -0.2) is 23.7 Å². The van der Waals surface area contributed by atoms with Crippen LogP contribution in [0.25, 0.3) is 0 Å². The molecule has 1 unspecified atom stereocenters. The van der Waals surface area contributed by atoms with Gasteiger partial charge in [0, 0.05) is 17.4 Å². The first kappa shape index (κ1) is 17.5. The Hall–Kier alpha value is -1.56. The average molecular weight is 357 g/mol. The summed E-state index contributed by atoms with van der Waals surface area (Å²) in [5.41, 5.74) is 0.716. The van der Waals surface area contributed by atoms with E-state index in [1.54, 1.807) is 0 Å². The summed E-state index contributed by atoms with van der Waals surface area (Å²) in [6.45, 7) is 2.57. The van der Waals surface area contributed by atoms with Gasteiger partial charge in [0.15, 0.2) is 0 Å². The van der Waals surface area contributed by atoms with E-state index in [0.717, 1.165) is 17.3 Å². The second-order valence-corrected chi connectivity index (χ2v) is 5.71. The van der Waals surface area contributed by atoms with Crippen LogP contribution in [0.3, 0.4) is 0 Å². The minimum atomic E-state index is -0.770. The lowest BCUT2D eigenvalue weighted by Gasteiger charge is -2.14. The fourth-order valence-electron chi connectivity index (χ4n) is 2.00. The molecule has 3 N–H and O–H groups in total. The molecule has 0 heterocycles. The molecular weight excluding hydrogens is 336 g/mol. The van der Waals surface area contributed by atoms with Crippen molar-refractivity contribution in [2.45, 2.75) is 32.6 Å². The number of nitrogens with one attached hydrogen (secondary N) is 2. The first-order chi connectivity index (χ1) is 10.0. The topological polar surface area (TPSA) is 78.4 Å². The number of amides is 2. The maximum absolute atomic E-state index is 11.8. The van der Waals surface area contributed by atoms with Crippen LogP contribution in [0.2, 0.25) is 0 Å². The van der Waals surface area contributed by atoms with Gasteiger partial charge in [0.2, 0.25) is 0 Å². The maximum atomic E-state index is 11.8. The highest BCUT2D eigenvalue weighted by Crippen LogP contribution is 2.21. The molecule has 116 valence electrons. The Bertz CT molecular complexity index is 480.